The summed E-state index contributed by atoms with van der Waals surface area (Å²) in [5.41, 5.74) is 9.61. The Kier molecular flexibility index (Phi) is 4.53. The van der Waals surface area contributed by atoms with Crippen molar-refractivity contribution in [2.24, 2.45) is 22.1 Å². The van der Waals surface area contributed by atoms with Crippen molar-refractivity contribution in [3.8, 4) is 11.1 Å². The van der Waals surface area contributed by atoms with E-state index >= 15 is 0 Å². The van der Waals surface area contributed by atoms with E-state index in [-0.39, 0.29) is 23.4 Å². The number of pyridine rings is 1. The number of methoxy groups -OCH3 is 1. The minimum Gasteiger partial charge on any atom is -0.475 e. The number of nitrogens with zero attached hydrogens (tertiary/aromatic N) is 2. The number of nitrogens with two attached hydrogens (primary N) is 1. The number of ether oxygens (including phenoxy) is 2. The normalized spacial score (nSPS) is 33.3. The molecule has 4 atom stereocenters. The first-order valence-electron chi connectivity index (χ1n) is 11.0. The molecule has 3 aliphatic rings. The van der Waals surface area contributed by atoms with Crippen LogP contribution in [-0.2, 0) is 21.4 Å². The lowest BCUT2D eigenvalue weighted by atomic mass is 9.44. The number of amidine groups is 1. The highest BCUT2D eigenvalue weighted by Gasteiger charge is 2.68. The fourth-order valence-corrected chi connectivity index (χ4v) is 6.79. The second-order valence-electron chi connectivity index (χ2n) is 9.99. The average Bonchev–Trinajstić information content (AvgIpc) is 3.12. The van der Waals surface area contributed by atoms with Crippen LogP contribution in [0.25, 0.3) is 11.1 Å². The molecule has 0 bridgehead atoms. The summed E-state index contributed by atoms with van der Waals surface area (Å²) in [7, 11) is 5.99. The van der Waals surface area contributed by atoms with Gasteiger partial charge in [0.15, 0.2) is 15.7 Å². The minimum atomic E-state index is -0.596. The van der Waals surface area contributed by atoms with Gasteiger partial charge in [0.25, 0.3) is 6.02 Å². The third kappa shape index (κ3) is 2.80. The lowest BCUT2D eigenvalue weighted by molar-refractivity contribution is -0.0559. The number of halogens is 1. The second kappa shape index (κ2) is 6.83. The Labute approximate surface area is 184 Å². The van der Waals surface area contributed by atoms with E-state index in [4.69, 9.17) is 20.2 Å². The van der Waals surface area contributed by atoms with Gasteiger partial charge in [-0.1, -0.05) is 19.1 Å². The van der Waals surface area contributed by atoms with Crippen LogP contribution in [0, 0.1) is 17.2 Å². The van der Waals surface area contributed by atoms with Crippen molar-refractivity contribution in [3.05, 3.63) is 53.6 Å². The molecule has 1 saturated carbocycles. The second-order valence-corrected chi connectivity index (χ2v) is 9.99. The van der Waals surface area contributed by atoms with Crippen molar-refractivity contribution in [2.75, 3.05) is 7.11 Å². The van der Waals surface area contributed by atoms with E-state index in [2.05, 4.69) is 45.8 Å². The highest BCUT2D eigenvalue weighted by molar-refractivity contribution is 6.41. The Morgan fingerprint density at radius 2 is 2.03 bits per heavy atom. The first-order chi connectivity index (χ1) is 14.7. The van der Waals surface area contributed by atoms with E-state index in [0.29, 0.717) is 5.92 Å². The van der Waals surface area contributed by atoms with Gasteiger partial charge in [-0.2, -0.15) is 0 Å². The van der Waals surface area contributed by atoms with Gasteiger partial charge in [-0.25, -0.2) is 9.38 Å². The van der Waals surface area contributed by atoms with Crippen molar-refractivity contribution in [3.63, 3.8) is 0 Å². The molecule has 5 nitrogen and oxygen atoms in total. The molecule has 2 aromatic rings. The highest BCUT2D eigenvalue weighted by Crippen LogP contribution is 2.65. The number of rotatable bonds is 2. The van der Waals surface area contributed by atoms with Gasteiger partial charge >= 0.3 is 0 Å². The van der Waals surface area contributed by atoms with Gasteiger partial charge in [-0.15, -0.1) is 0 Å². The Morgan fingerprint density at radius 1 is 1.23 bits per heavy atom. The molecule has 1 aromatic carbocycles. The molecule has 0 saturated heterocycles. The number of fused-ring (bicyclic) bond motifs is 3. The molecule has 0 amide bonds. The van der Waals surface area contributed by atoms with E-state index in [1.165, 1.54) is 17.8 Å². The summed E-state index contributed by atoms with van der Waals surface area (Å²) < 4.78 is 25.8. The summed E-state index contributed by atoms with van der Waals surface area (Å²) in [5.74, 6) is 0.0624. The molecule has 0 radical (unpaired) electrons. The molecule has 1 fully saturated rings. The quantitative estimate of drug-likeness (QED) is 0.754. The van der Waals surface area contributed by atoms with Crippen LogP contribution in [0.5, 0.6) is 0 Å². The number of hydrogen-bond acceptors (Lipinski definition) is 5. The Hall–Kier alpha value is -2.34. The van der Waals surface area contributed by atoms with Gasteiger partial charge in [-0.05, 0) is 60.4 Å². The topological polar surface area (TPSA) is 69.7 Å². The molecule has 2 heterocycles. The number of aliphatic imine (C=N–C) groups is 1. The van der Waals surface area contributed by atoms with E-state index in [0.717, 1.165) is 42.4 Å². The third-order valence-electron chi connectivity index (χ3n) is 7.90. The van der Waals surface area contributed by atoms with Gasteiger partial charge < -0.3 is 15.2 Å². The Balaban J connectivity index is 1.70. The number of hydrogen-bond donors (Lipinski definition) is 1. The van der Waals surface area contributed by atoms with Crippen LogP contribution in [-0.4, -0.2) is 45.3 Å². The van der Waals surface area contributed by atoms with Crippen molar-refractivity contribution in [2.45, 2.75) is 49.6 Å². The maximum absolute atomic E-state index is 13.9. The first-order valence-corrected chi connectivity index (χ1v) is 11.0. The molecule has 8 heteroatoms. The maximum atomic E-state index is 13.9. The standard InChI is InChI=1S/C23H28B2FN3O2/c1-13-9-21(6-5-19(13)30-2)10-15-4-3-14(16-7-17(26)12-28-11-16)8-18(15)22(21)23(24,25)31-20(27)29-22/h3-4,7-8,11-13,19H,5-6,9-10,24-25H2,1-2H3,(H2,27,29)/t13-,19-,21-,22+/m1/s1. The summed E-state index contributed by atoms with van der Waals surface area (Å²) in [6, 6.07) is 8.14. The Morgan fingerprint density at radius 3 is 2.68 bits per heavy atom. The Bertz CT molecular complexity index is 1080. The van der Waals surface area contributed by atoms with E-state index in [1.807, 2.05) is 0 Å². The summed E-state index contributed by atoms with van der Waals surface area (Å²) in [5, 5.41) is -0.596. The van der Waals surface area contributed by atoms with Gasteiger partial charge in [-0.3, -0.25) is 4.98 Å². The fourth-order valence-electron chi connectivity index (χ4n) is 6.79. The van der Waals surface area contributed by atoms with E-state index in [9.17, 15) is 4.39 Å². The number of benzene rings is 1. The SMILES string of the molecule is BC1(B)OC(N)=N[C@]12c1cc(-c3cncc(F)c3)ccc1C[C@]21CC[C@@H](OC)[C@H](C)C1. The molecule has 2 spiro atoms. The van der Waals surface area contributed by atoms with Gasteiger partial charge in [0.2, 0.25) is 0 Å². The monoisotopic (exact) mass is 419 g/mol. The highest BCUT2D eigenvalue weighted by atomic mass is 19.1. The predicted molar refractivity (Wildman–Crippen MR) is 124 cm³/mol. The lowest BCUT2D eigenvalue weighted by Gasteiger charge is -2.53. The zero-order valence-corrected chi connectivity index (χ0v) is 18.6. The van der Waals surface area contributed by atoms with Crippen LogP contribution in [0.1, 0.15) is 37.3 Å². The lowest BCUT2D eigenvalue weighted by Crippen LogP contribution is -2.60. The average molecular weight is 419 g/mol. The van der Waals surface area contributed by atoms with Gasteiger partial charge in [0, 0.05) is 24.3 Å². The van der Waals surface area contributed by atoms with Crippen LogP contribution in [0.2, 0.25) is 0 Å². The van der Waals surface area contributed by atoms with E-state index in [1.54, 1.807) is 13.3 Å². The fraction of sp³-hybridized carbons (Fsp3) is 0.478. The summed E-state index contributed by atoms with van der Waals surface area (Å²) >= 11 is 0. The molecule has 160 valence electrons. The van der Waals surface area contributed by atoms with Crippen molar-refractivity contribution >= 4 is 21.7 Å². The molecule has 1 aliphatic heterocycles. The van der Waals surface area contributed by atoms with Crippen LogP contribution < -0.4 is 5.73 Å². The molecule has 5 rings (SSSR count). The van der Waals surface area contributed by atoms with Crippen LogP contribution in [0.4, 0.5) is 4.39 Å². The van der Waals surface area contributed by atoms with Crippen LogP contribution >= 0.6 is 0 Å². The van der Waals surface area contributed by atoms with Crippen LogP contribution in [0.15, 0.2) is 41.7 Å². The zero-order valence-electron chi connectivity index (χ0n) is 18.6. The van der Waals surface area contributed by atoms with Crippen molar-refractivity contribution in [1.82, 2.24) is 4.98 Å². The van der Waals surface area contributed by atoms with Crippen molar-refractivity contribution < 1.29 is 13.9 Å². The smallest absolute Gasteiger partial charge is 0.282 e. The summed E-state index contributed by atoms with van der Waals surface area (Å²) in [6.45, 7) is 2.27. The first kappa shape index (κ1) is 20.6. The van der Waals surface area contributed by atoms with E-state index < -0.39 is 10.9 Å². The molecule has 1 aromatic heterocycles. The molecule has 31 heavy (non-hydrogen) atoms. The van der Waals surface area contributed by atoms with Gasteiger partial charge in [0.05, 0.1) is 17.7 Å². The molecule has 0 unspecified atom stereocenters. The molecule has 2 aliphatic carbocycles. The molecular weight excluding hydrogens is 391 g/mol. The largest absolute Gasteiger partial charge is 0.475 e. The maximum Gasteiger partial charge on any atom is 0.282 e. The number of aromatic nitrogens is 1. The van der Waals surface area contributed by atoms with Gasteiger partial charge in [0.1, 0.15) is 11.4 Å². The summed E-state index contributed by atoms with van der Waals surface area (Å²) in [4.78, 5) is 9.10. The zero-order chi connectivity index (χ0) is 22.0. The third-order valence-corrected chi connectivity index (χ3v) is 7.90. The molecule has 2 N–H and O–H groups in total. The van der Waals surface area contributed by atoms with Crippen LogP contribution in [0.3, 0.4) is 0 Å². The molecular formula is C23H28B2FN3O2. The predicted octanol–water partition coefficient (Wildman–Crippen LogP) is 1.73. The van der Waals surface area contributed by atoms with Crippen molar-refractivity contribution in [1.29, 1.82) is 0 Å². The summed E-state index contributed by atoms with van der Waals surface area (Å²) in [6.07, 6.45) is 7.07. The minimum absolute atomic E-state index is 0.104.